The molecule has 3 rings (SSSR count). The Labute approximate surface area is 162 Å². The van der Waals surface area contributed by atoms with Crippen LogP contribution >= 0.6 is 0 Å². The smallest absolute Gasteiger partial charge is 0.222 e. The number of fused-ring (bicyclic) bond motifs is 1. The van der Waals surface area contributed by atoms with E-state index in [0.29, 0.717) is 0 Å². The van der Waals surface area contributed by atoms with E-state index in [1.807, 2.05) is 6.07 Å². The minimum Gasteiger partial charge on any atom is -0.361 e. The number of H-pyrrole nitrogens is 1. The van der Waals surface area contributed by atoms with Crippen LogP contribution in [-0.2, 0) is 6.54 Å². The molecule has 1 aromatic carbocycles. The van der Waals surface area contributed by atoms with Crippen molar-refractivity contribution in [2.75, 3.05) is 18.4 Å². The molecule has 0 aliphatic heterocycles. The lowest BCUT2D eigenvalue weighted by molar-refractivity contribution is 0.560. The summed E-state index contributed by atoms with van der Waals surface area (Å²) in [5.74, 6) is 0.734. The lowest BCUT2D eigenvalue weighted by Crippen LogP contribution is -2.14. The fraction of sp³-hybridized carbons (Fsp3) is 0.455. The predicted molar refractivity (Wildman–Crippen MR) is 113 cm³/mol. The molecule has 27 heavy (non-hydrogen) atoms. The van der Waals surface area contributed by atoms with Crippen LogP contribution in [0, 0.1) is 0 Å². The lowest BCUT2D eigenvalue weighted by Gasteiger charge is -2.05. The molecule has 0 bridgehead atoms. The molecular formula is C22H31N5. The summed E-state index contributed by atoms with van der Waals surface area (Å²) in [4.78, 5) is 11.7. The first-order valence-electron chi connectivity index (χ1n) is 10.2. The fourth-order valence-corrected chi connectivity index (χ4v) is 3.35. The van der Waals surface area contributed by atoms with Crippen LogP contribution < -0.4 is 10.6 Å². The van der Waals surface area contributed by atoms with E-state index < -0.39 is 0 Å². The van der Waals surface area contributed by atoms with E-state index in [4.69, 9.17) is 0 Å². The molecule has 5 nitrogen and oxygen atoms in total. The number of aromatic amines is 1. The highest BCUT2D eigenvalue weighted by atomic mass is 15.1. The van der Waals surface area contributed by atoms with Gasteiger partial charge < -0.3 is 15.6 Å². The van der Waals surface area contributed by atoms with Gasteiger partial charge in [0.25, 0.3) is 0 Å². The number of hydrogen-bond donors (Lipinski definition) is 3. The summed E-state index contributed by atoms with van der Waals surface area (Å²) in [6, 6.07) is 10.3. The standard InChI is InChI=1S/C22H31N5/c1(3-5-9-14-24-22-25-15-10-16-26-22)2-4-8-13-23-17-19-18-27-21-12-7-6-11-20(19)21/h6-7,10-12,15-16,18,23,27H,1-5,8-9,13-14,17H2,(H,24,25,26). The maximum Gasteiger partial charge on any atom is 0.222 e. The number of benzene rings is 1. The number of unbranched alkanes of at least 4 members (excludes halogenated alkanes) is 6. The maximum absolute atomic E-state index is 4.16. The summed E-state index contributed by atoms with van der Waals surface area (Å²) < 4.78 is 0. The normalized spacial score (nSPS) is 11.1. The zero-order valence-electron chi connectivity index (χ0n) is 16.1. The third-order valence-corrected chi connectivity index (χ3v) is 4.87. The van der Waals surface area contributed by atoms with E-state index in [2.05, 4.69) is 56.0 Å². The molecule has 0 unspecified atom stereocenters. The van der Waals surface area contributed by atoms with Gasteiger partial charge in [-0.05, 0) is 37.1 Å². The van der Waals surface area contributed by atoms with Gasteiger partial charge in [0.05, 0.1) is 0 Å². The van der Waals surface area contributed by atoms with E-state index in [-0.39, 0.29) is 0 Å². The van der Waals surface area contributed by atoms with E-state index >= 15 is 0 Å². The second-order valence-corrected chi connectivity index (χ2v) is 7.01. The molecule has 0 spiro atoms. The Bertz CT molecular complexity index is 768. The molecule has 3 N–H and O–H groups in total. The second kappa shape index (κ2) is 11.3. The summed E-state index contributed by atoms with van der Waals surface area (Å²) in [6.07, 6.45) is 14.7. The van der Waals surface area contributed by atoms with Crippen molar-refractivity contribution in [3.05, 3.63) is 54.5 Å². The molecular weight excluding hydrogens is 334 g/mol. The zero-order chi connectivity index (χ0) is 18.6. The van der Waals surface area contributed by atoms with Crippen LogP contribution in [0.5, 0.6) is 0 Å². The Hall–Kier alpha value is -2.40. The van der Waals surface area contributed by atoms with Crippen LogP contribution in [0.2, 0.25) is 0 Å². The Balaban J connectivity index is 1.13. The molecule has 0 saturated heterocycles. The molecule has 0 saturated carbocycles. The number of para-hydroxylation sites is 1. The number of nitrogens with zero attached hydrogens (tertiary/aromatic N) is 2. The summed E-state index contributed by atoms with van der Waals surface area (Å²) in [6.45, 7) is 3.00. The van der Waals surface area contributed by atoms with Crippen molar-refractivity contribution < 1.29 is 0 Å². The molecule has 2 heterocycles. The zero-order valence-corrected chi connectivity index (χ0v) is 16.1. The monoisotopic (exact) mass is 365 g/mol. The molecule has 0 radical (unpaired) electrons. The molecule has 3 aromatic rings. The number of rotatable bonds is 13. The van der Waals surface area contributed by atoms with Crippen LogP contribution in [0.1, 0.15) is 50.5 Å². The Morgan fingerprint density at radius 3 is 2.30 bits per heavy atom. The first-order chi connectivity index (χ1) is 13.4. The van der Waals surface area contributed by atoms with E-state index in [1.165, 1.54) is 61.4 Å². The quantitative estimate of drug-likeness (QED) is 0.377. The van der Waals surface area contributed by atoms with Crippen molar-refractivity contribution in [1.29, 1.82) is 0 Å². The van der Waals surface area contributed by atoms with Crippen molar-refractivity contribution in [2.24, 2.45) is 0 Å². The number of hydrogen-bond acceptors (Lipinski definition) is 4. The predicted octanol–water partition coefficient (Wildman–Crippen LogP) is 4.89. The van der Waals surface area contributed by atoms with Gasteiger partial charge in [-0.25, -0.2) is 9.97 Å². The summed E-state index contributed by atoms with van der Waals surface area (Å²) in [7, 11) is 0. The maximum atomic E-state index is 4.16. The van der Waals surface area contributed by atoms with Gasteiger partial charge in [0, 0.05) is 42.6 Å². The third-order valence-electron chi connectivity index (χ3n) is 4.87. The third kappa shape index (κ3) is 6.68. The summed E-state index contributed by atoms with van der Waals surface area (Å²) >= 11 is 0. The van der Waals surface area contributed by atoms with Gasteiger partial charge in [-0.2, -0.15) is 0 Å². The van der Waals surface area contributed by atoms with Crippen LogP contribution in [0.4, 0.5) is 5.95 Å². The van der Waals surface area contributed by atoms with E-state index in [0.717, 1.165) is 25.6 Å². The van der Waals surface area contributed by atoms with Crippen LogP contribution in [0.25, 0.3) is 10.9 Å². The van der Waals surface area contributed by atoms with Crippen LogP contribution in [0.15, 0.2) is 48.9 Å². The van der Waals surface area contributed by atoms with E-state index in [1.54, 1.807) is 12.4 Å². The molecule has 0 aliphatic rings. The fourth-order valence-electron chi connectivity index (χ4n) is 3.35. The molecule has 0 fully saturated rings. The molecule has 0 amide bonds. The molecule has 0 aliphatic carbocycles. The van der Waals surface area contributed by atoms with Crippen molar-refractivity contribution in [3.63, 3.8) is 0 Å². The lowest BCUT2D eigenvalue weighted by atomic mass is 10.1. The Morgan fingerprint density at radius 1 is 0.778 bits per heavy atom. The first-order valence-corrected chi connectivity index (χ1v) is 10.2. The van der Waals surface area contributed by atoms with Gasteiger partial charge in [-0.15, -0.1) is 0 Å². The molecule has 2 aromatic heterocycles. The van der Waals surface area contributed by atoms with Crippen LogP contribution in [0.3, 0.4) is 0 Å². The minimum atomic E-state index is 0.734. The SMILES string of the molecule is c1cnc(NCCCCCCCCCNCc2c[nH]c3ccccc23)nc1. The van der Waals surface area contributed by atoms with Gasteiger partial charge in [0.1, 0.15) is 0 Å². The highest BCUT2D eigenvalue weighted by Gasteiger charge is 2.01. The van der Waals surface area contributed by atoms with Crippen LogP contribution in [-0.4, -0.2) is 28.0 Å². The number of anilines is 1. The van der Waals surface area contributed by atoms with Crippen molar-refractivity contribution in [2.45, 2.75) is 51.5 Å². The van der Waals surface area contributed by atoms with Gasteiger partial charge in [0.15, 0.2) is 0 Å². The Morgan fingerprint density at radius 2 is 1.48 bits per heavy atom. The van der Waals surface area contributed by atoms with E-state index in [9.17, 15) is 0 Å². The molecule has 0 atom stereocenters. The minimum absolute atomic E-state index is 0.734. The highest BCUT2D eigenvalue weighted by Crippen LogP contribution is 2.17. The van der Waals surface area contributed by atoms with Gasteiger partial charge in [-0.3, -0.25) is 0 Å². The second-order valence-electron chi connectivity index (χ2n) is 7.01. The van der Waals surface area contributed by atoms with Crippen molar-refractivity contribution >= 4 is 16.9 Å². The number of aromatic nitrogens is 3. The summed E-state index contributed by atoms with van der Waals surface area (Å²) in [5, 5.41) is 8.17. The largest absolute Gasteiger partial charge is 0.361 e. The van der Waals surface area contributed by atoms with Gasteiger partial charge in [0.2, 0.25) is 5.95 Å². The number of nitrogens with one attached hydrogen (secondary N) is 3. The topological polar surface area (TPSA) is 65.6 Å². The summed E-state index contributed by atoms with van der Waals surface area (Å²) in [5.41, 5.74) is 2.58. The molecule has 144 valence electrons. The first kappa shape index (κ1) is 19.4. The van der Waals surface area contributed by atoms with Crippen molar-refractivity contribution in [1.82, 2.24) is 20.3 Å². The average Bonchev–Trinajstić information content (AvgIpc) is 3.13. The van der Waals surface area contributed by atoms with Crippen molar-refractivity contribution in [3.8, 4) is 0 Å². The van der Waals surface area contributed by atoms with Gasteiger partial charge >= 0.3 is 0 Å². The molecule has 5 heteroatoms. The average molecular weight is 366 g/mol. The Kier molecular flexibility index (Phi) is 8.13. The van der Waals surface area contributed by atoms with Gasteiger partial charge in [-0.1, -0.05) is 50.3 Å². The highest BCUT2D eigenvalue weighted by molar-refractivity contribution is 5.82.